The molecule has 2 N–H and O–H groups in total. The first-order chi connectivity index (χ1) is 12.1. The predicted molar refractivity (Wildman–Crippen MR) is 102 cm³/mol. The standard InChI is InChI=1S/C19H29N5O/c1-15(14-24-11-7-10-23-24)12-21-19(20-4)22-13-17(3)25-18-9-6-5-8-16(18)2/h5-11,15,17H,12-14H2,1-4H3,(H2,20,21,22). The van der Waals surface area contributed by atoms with Crippen LogP contribution in [-0.2, 0) is 6.54 Å². The first kappa shape index (κ1) is 18.8. The Morgan fingerprint density at radius 2 is 1.96 bits per heavy atom. The SMILES string of the molecule is CN=C(NCC(C)Cn1cccn1)NCC(C)Oc1ccccc1C. The molecule has 136 valence electrons. The largest absolute Gasteiger partial charge is 0.489 e. The quantitative estimate of drug-likeness (QED) is 0.571. The van der Waals surface area contributed by atoms with Crippen LogP contribution in [0.5, 0.6) is 5.75 Å². The summed E-state index contributed by atoms with van der Waals surface area (Å²) in [6, 6.07) is 9.99. The third kappa shape index (κ3) is 6.49. The molecule has 1 heterocycles. The van der Waals surface area contributed by atoms with E-state index < -0.39 is 0 Å². The Balaban J connectivity index is 1.71. The van der Waals surface area contributed by atoms with Gasteiger partial charge in [-0.2, -0.15) is 5.10 Å². The third-order valence-corrected chi connectivity index (χ3v) is 3.88. The molecule has 2 unspecified atom stereocenters. The van der Waals surface area contributed by atoms with Crippen molar-refractivity contribution in [3.8, 4) is 5.75 Å². The summed E-state index contributed by atoms with van der Waals surface area (Å²) in [7, 11) is 1.78. The second-order valence-corrected chi connectivity index (χ2v) is 6.36. The van der Waals surface area contributed by atoms with Gasteiger partial charge in [-0.3, -0.25) is 9.67 Å². The second kappa shape index (κ2) is 9.71. The Hall–Kier alpha value is -2.50. The summed E-state index contributed by atoms with van der Waals surface area (Å²) < 4.78 is 7.92. The average molecular weight is 343 g/mol. The van der Waals surface area contributed by atoms with Crippen molar-refractivity contribution in [3.05, 3.63) is 48.3 Å². The third-order valence-electron chi connectivity index (χ3n) is 3.88. The van der Waals surface area contributed by atoms with Crippen LogP contribution in [-0.4, -0.2) is 42.0 Å². The van der Waals surface area contributed by atoms with Crippen molar-refractivity contribution in [3.63, 3.8) is 0 Å². The van der Waals surface area contributed by atoms with Crippen molar-refractivity contribution in [1.29, 1.82) is 0 Å². The van der Waals surface area contributed by atoms with E-state index in [-0.39, 0.29) is 6.10 Å². The molecule has 0 fully saturated rings. The second-order valence-electron chi connectivity index (χ2n) is 6.36. The molecule has 2 aromatic rings. The fourth-order valence-corrected chi connectivity index (χ4v) is 2.47. The van der Waals surface area contributed by atoms with E-state index in [9.17, 15) is 0 Å². The van der Waals surface area contributed by atoms with Gasteiger partial charge in [-0.05, 0) is 37.5 Å². The lowest BCUT2D eigenvalue weighted by Gasteiger charge is -2.20. The highest BCUT2D eigenvalue weighted by molar-refractivity contribution is 5.79. The van der Waals surface area contributed by atoms with Crippen LogP contribution in [0.15, 0.2) is 47.7 Å². The van der Waals surface area contributed by atoms with Gasteiger partial charge in [-0.25, -0.2) is 0 Å². The van der Waals surface area contributed by atoms with Crippen LogP contribution in [0.25, 0.3) is 0 Å². The number of aryl methyl sites for hydroxylation is 1. The number of aromatic nitrogens is 2. The van der Waals surface area contributed by atoms with E-state index >= 15 is 0 Å². The molecular formula is C19H29N5O. The summed E-state index contributed by atoms with van der Waals surface area (Å²) in [6.07, 6.45) is 3.83. The number of ether oxygens (including phenoxy) is 1. The van der Waals surface area contributed by atoms with Crippen LogP contribution in [0.4, 0.5) is 0 Å². The van der Waals surface area contributed by atoms with Crippen LogP contribution in [0.2, 0.25) is 0 Å². The Kier molecular flexibility index (Phi) is 7.32. The fraction of sp³-hybridized carbons (Fsp3) is 0.474. The summed E-state index contributed by atoms with van der Waals surface area (Å²) in [5.74, 6) is 2.15. The maximum atomic E-state index is 5.98. The number of rotatable bonds is 8. The monoisotopic (exact) mass is 343 g/mol. The highest BCUT2D eigenvalue weighted by Gasteiger charge is 2.09. The minimum absolute atomic E-state index is 0.0427. The Morgan fingerprint density at radius 3 is 2.64 bits per heavy atom. The zero-order valence-electron chi connectivity index (χ0n) is 15.6. The van der Waals surface area contributed by atoms with Crippen LogP contribution in [0.1, 0.15) is 19.4 Å². The van der Waals surface area contributed by atoms with Gasteiger partial charge in [-0.1, -0.05) is 25.1 Å². The smallest absolute Gasteiger partial charge is 0.191 e. The van der Waals surface area contributed by atoms with Crippen LogP contribution >= 0.6 is 0 Å². The molecule has 6 heteroatoms. The van der Waals surface area contributed by atoms with Crippen LogP contribution in [0, 0.1) is 12.8 Å². The summed E-state index contributed by atoms with van der Waals surface area (Å²) >= 11 is 0. The van der Waals surface area contributed by atoms with Gasteiger partial charge in [0.1, 0.15) is 11.9 Å². The Labute approximate surface area is 150 Å². The van der Waals surface area contributed by atoms with Gasteiger partial charge in [0, 0.05) is 32.5 Å². The van der Waals surface area contributed by atoms with Crippen molar-refractivity contribution in [2.45, 2.75) is 33.4 Å². The highest BCUT2D eigenvalue weighted by atomic mass is 16.5. The molecule has 0 spiro atoms. The van der Waals surface area contributed by atoms with E-state index in [0.29, 0.717) is 12.5 Å². The molecule has 0 aliphatic rings. The molecule has 0 radical (unpaired) electrons. The minimum atomic E-state index is 0.0427. The molecule has 0 bridgehead atoms. The van der Waals surface area contributed by atoms with Crippen molar-refractivity contribution < 1.29 is 4.74 Å². The molecule has 0 aliphatic carbocycles. The van der Waals surface area contributed by atoms with Crippen molar-refractivity contribution in [1.82, 2.24) is 20.4 Å². The molecule has 2 atom stereocenters. The fourth-order valence-electron chi connectivity index (χ4n) is 2.47. The van der Waals surface area contributed by atoms with Gasteiger partial charge in [-0.15, -0.1) is 0 Å². The number of benzene rings is 1. The molecule has 0 saturated heterocycles. The van der Waals surface area contributed by atoms with E-state index in [1.54, 1.807) is 13.2 Å². The summed E-state index contributed by atoms with van der Waals surface area (Å²) in [5, 5.41) is 10.9. The zero-order valence-corrected chi connectivity index (χ0v) is 15.6. The van der Waals surface area contributed by atoms with Gasteiger partial charge in [0.25, 0.3) is 0 Å². The van der Waals surface area contributed by atoms with E-state index in [1.807, 2.05) is 42.1 Å². The number of aliphatic imine (C=N–C) groups is 1. The molecule has 1 aromatic carbocycles. The van der Waals surface area contributed by atoms with E-state index in [1.165, 1.54) is 0 Å². The molecule has 0 aliphatic heterocycles. The van der Waals surface area contributed by atoms with E-state index in [0.717, 1.165) is 30.4 Å². The van der Waals surface area contributed by atoms with Gasteiger partial charge in [0.05, 0.1) is 6.54 Å². The van der Waals surface area contributed by atoms with Gasteiger partial charge in [0.2, 0.25) is 0 Å². The number of para-hydroxylation sites is 1. The highest BCUT2D eigenvalue weighted by Crippen LogP contribution is 2.17. The van der Waals surface area contributed by atoms with Crippen LogP contribution < -0.4 is 15.4 Å². The normalized spacial score (nSPS) is 14.0. The number of hydrogen-bond donors (Lipinski definition) is 2. The Morgan fingerprint density at radius 1 is 1.20 bits per heavy atom. The lowest BCUT2D eigenvalue weighted by atomic mass is 10.2. The maximum absolute atomic E-state index is 5.98. The summed E-state index contributed by atoms with van der Waals surface area (Å²) in [5.41, 5.74) is 1.14. The number of nitrogens with one attached hydrogen (secondary N) is 2. The van der Waals surface area contributed by atoms with E-state index in [4.69, 9.17) is 4.74 Å². The number of hydrogen-bond acceptors (Lipinski definition) is 3. The van der Waals surface area contributed by atoms with Gasteiger partial charge >= 0.3 is 0 Å². The van der Waals surface area contributed by atoms with Crippen molar-refractivity contribution in [2.75, 3.05) is 20.1 Å². The zero-order chi connectivity index (χ0) is 18.1. The lowest BCUT2D eigenvalue weighted by Crippen LogP contribution is -2.43. The molecule has 0 amide bonds. The molecule has 25 heavy (non-hydrogen) atoms. The molecular weight excluding hydrogens is 314 g/mol. The molecule has 1 aromatic heterocycles. The van der Waals surface area contributed by atoms with Crippen molar-refractivity contribution in [2.24, 2.45) is 10.9 Å². The summed E-state index contributed by atoms with van der Waals surface area (Å²) in [4.78, 5) is 4.27. The lowest BCUT2D eigenvalue weighted by molar-refractivity contribution is 0.222. The van der Waals surface area contributed by atoms with Gasteiger partial charge < -0.3 is 15.4 Å². The van der Waals surface area contributed by atoms with Gasteiger partial charge in [0.15, 0.2) is 5.96 Å². The minimum Gasteiger partial charge on any atom is -0.489 e. The first-order valence-corrected chi connectivity index (χ1v) is 8.72. The average Bonchev–Trinajstić information content (AvgIpc) is 3.10. The maximum Gasteiger partial charge on any atom is 0.191 e. The molecule has 6 nitrogen and oxygen atoms in total. The predicted octanol–water partition coefficient (Wildman–Crippen LogP) is 2.46. The number of nitrogens with zero attached hydrogens (tertiary/aromatic N) is 3. The van der Waals surface area contributed by atoms with E-state index in [2.05, 4.69) is 40.6 Å². The molecule has 2 rings (SSSR count). The first-order valence-electron chi connectivity index (χ1n) is 8.72. The van der Waals surface area contributed by atoms with Crippen molar-refractivity contribution >= 4 is 5.96 Å². The van der Waals surface area contributed by atoms with Crippen LogP contribution in [0.3, 0.4) is 0 Å². The molecule has 0 saturated carbocycles. The number of guanidine groups is 1. The Bertz CT molecular complexity index is 654. The topological polar surface area (TPSA) is 63.5 Å². The summed E-state index contributed by atoms with van der Waals surface area (Å²) in [6.45, 7) is 8.67.